The average Bonchev–Trinajstić information content (AvgIpc) is 2.26. The quantitative estimate of drug-likeness (QED) is 0.713. The van der Waals surface area contributed by atoms with Crippen molar-refractivity contribution in [2.45, 2.75) is 38.5 Å². The average molecular weight is 325 g/mol. The molecule has 0 saturated heterocycles. The summed E-state index contributed by atoms with van der Waals surface area (Å²) in [5.74, 6) is 1.25. The van der Waals surface area contributed by atoms with Crippen LogP contribution in [0.4, 0.5) is 4.39 Å². The van der Waals surface area contributed by atoms with Crippen molar-refractivity contribution in [3.63, 3.8) is 0 Å². The zero-order chi connectivity index (χ0) is 13.4. The number of carbonyl (C=O) groups is 1. The summed E-state index contributed by atoms with van der Waals surface area (Å²) < 4.78 is 13.7. The molecule has 2 aliphatic rings. The van der Waals surface area contributed by atoms with E-state index >= 15 is 0 Å². The standard InChI is InChI=1S/C16H18BrFO/c17-13-9-12(7-8-14(13)18)16(19)15(10-3-1-4-10)11-5-2-6-11/h7-11,15H,1-6H2. The molecule has 3 rings (SSSR count). The molecule has 0 amide bonds. The molecule has 102 valence electrons. The van der Waals surface area contributed by atoms with Crippen molar-refractivity contribution < 1.29 is 9.18 Å². The first-order chi connectivity index (χ1) is 9.16. The summed E-state index contributed by atoms with van der Waals surface area (Å²) in [5, 5.41) is 0. The van der Waals surface area contributed by atoms with E-state index in [1.54, 1.807) is 12.1 Å². The van der Waals surface area contributed by atoms with E-state index in [0.29, 0.717) is 21.9 Å². The molecule has 1 aromatic rings. The minimum atomic E-state index is -0.305. The van der Waals surface area contributed by atoms with Gasteiger partial charge in [0.1, 0.15) is 5.82 Å². The molecule has 0 N–H and O–H groups in total. The van der Waals surface area contributed by atoms with Gasteiger partial charge in [0.2, 0.25) is 0 Å². The SMILES string of the molecule is O=C(c1ccc(F)c(Br)c1)C(C1CCC1)C1CCC1. The van der Waals surface area contributed by atoms with E-state index in [0.717, 1.165) is 0 Å². The minimum Gasteiger partial charge on any atom is -0.294 e. The number of rotatable bonds is 4. The van der Waals surface area contributed by atoms with Crippen molar-refractivity contribution in [3.05, 3.63) is 34.1 Å². The highest BCUT2D eigenvalue weighted by atomic mass is 79.9. The molecular weight excluding hydrogens is 307 g/mol. The lowest BCUT2D eigenvalue weighted by molar-refractivity contribution is 0.0578. The lowest BCUT2D eigenvalue weighted by atomic mass is 9.62. The van der Waals surface area contributed by atoms with Gasteiger partial charge in [-0.1, -0.05) is 12.8 Å². The topological polar surface area (TPSA) is 17.1 Å². The first-order valence-electron chi connectivity index (χ1n) is 7.16. The fourth-order valence-electron chi connectivity index (χ4n) is 3.25. The van der Waals surface area contributed by atoms with Gasteiger partial charge < -0.3 is 0 Å². The molecule has 0 spiro atoms. The maximum absolute atomic E-state index is 13.3. The van der Waals surface area contributed by atoms with Crippen LogP contribution in [0.25, 0.3) is 0 Å². The van der Waals surface area contributed by atoms with Gasteiger partial charge in [0.15, 0.2) is 5.78 Å². The van der Waals surface area contributed by atoms with Crippen molar-refractivity contribution in [1.29, 1.82) is 0 Å². The molecular formula is C16H18BrFO. The Balaban J connectivity index is 1.84. The van der Waals surface area contributed by atoms with E-state index in [4.69, 9.17) is 0 Å². The van der Waals surface area contributed by atoms with Crippen LogP contribution in [0.5, 0.6) is 0 Å². The Morgan fingerprint density at radius 3 is 2.16 bits per heavy atom. The summed E-state index contributed by atoms with van der Waals surface area (Å²) in [6.07, 6.45) is 7.28. The van der Waals surface area contributed by atoms with Crippen LogP contribution in [0, 0.1) is 23.6 Å². The fraction of sp³-hybridized carbons (Fsp3) is 0.562. The molecule has 1 nitrogen and oxygen atoms in total. The van der Waals surface area contributed by atoms with E-state index in [9.17, 15) is 9.18 Å². The number of hydrogen-bond donors (Lipinski definition) is 0. The predicted molar refractivity (Wildman–Crippen MR) is 76.6 cm³/mol. The normalized spacial score (nSPS) is 20.2. The Labute approximate surface area is 121 Å². The number of ketones is 1. The van der Waals surface area contributed by atoms with E-state index < -0.39 is 0 Å². The predicted octanol–water partition coefficient (Wildman–Crippen LogP) is 4.99. The molecule has 0 radical (unpaired) electrons. The minimum absolute atomic E-state index is 0.180. The van der Waals surface area contributed by atoms with Crippen LogP contribution in [-0.4, -0.2) is 5.78 Å². The molecule has 2 aliphatic carbocycles. The van der Waals surface area contributed by atoms with Gasteiger partial charge in [-0.05, 0) is 71.6 Å². The van der Waals surface area contributed by atoms with Crippen molar-refractivity contribution in [2.75, 3.05) is 0 Å². The molecule has 1 aromatic carbocycles. The van der Waals surface area contributed by atoms with Gasteiger partial charge in [-0.2, -0.15) is 0 Å². The molecule has 0 unspecified atom stereocenters. The van der Waals surface area contributed by atoms with Crippen molar-refractivity contribution >= 4 is 21.7 Å². The van der Waals surface area contributed by atoms with Crippen LogP contribution in [0.1, 0.15) is 48.9 Å². The molecule has 0 aromatic heterocycles. The summed E-state index contributed by atoms with van der Waals surface area (Å²) in [6.45, 7) is 0. The molecule has 3 heteroatoms. The number of Topliss-reactive ketones (excluding diaryl/α,β-unsaturated/α-hetero) is 1. The van der Waals surface area contributed by atoms with Crippen LogP contribution < -0.4 is 0 Å². The highest BCUT2D eigenvalue weighted by Crippen LogP contribution is 2.45. The summed E-state index contributed by atoms with van der Waals surface area (Å²) in [5.41, 5.74) is 0.664. The summed E-state index contributed by atoms with van der Waals surface area (Å²) in [7, 11) is 0. The molecule has 0 aliphatic heterocycles. The van der Waals surface area contributed by atoms with E-state index in [1.165, 1.54) is 44.6 Å². The van der Waals surface area contributed by atoms with Crippen molar-refractivity contribution in [2.24, 2.45) is 17.8 Å². The van der Waals surface area contributed by atoms with Crippen LogP contribution in [0.2, 0.25) is 0 Å². The third-order valence-electron chi connectivity index (χ3n) is 4.82. The summed E-state index contributed by atoms with van der Waals surface area (Å²) in [6, 6.07) is 4.66. The number of halogens is 2. The monoisotopic (exact) mass is 324 g/mol. The van der Waals surface area contributed by atoms with Crippen LogP contribution in [0.15, 0.2) is 22.7 Å². The second-order valence-electron chi connectivity index (χ2n) is 5.90. The number of benzene rings is 1. The smallest absolute Gasteiger partial charge is 0.166 e. The van der Waals surface area contributed by atoms with Gasteiger partial charge >= 0.3 is 0 Å². The zero-order valence-corrected chi connectivity index (χ0v) is 12.5. The van der Waals surface area contributed by atoms with Crippen molar-refractivity contribution in [3.8, 4) is 0 Å². The first kappa shape index (κ1) is 13.3. The highest BCUT2D eigenvalue weighted by molar-refractivity contribution is 9.10. The van der Waals surface area contributed by atoms with Crippen LogP contribution in [0.3, 0.4) is 0 Å². The lowest BCUT2D eigenvalue weighted by Gasteiger charge is -2.41. The second-order valence-corrected chi connectivity index (χ2v) is 6.76. The van der Waals surface area contributed by atoms with Gasteiger partial charge in [0, 0.05) is 11.5 Å². The van der Waals surface area contributed by atoms with Crippen LogP contribution in [-0.2, 0) is 0 Å². The number of carbonyl (C=O) groups excluding carboxylic acids is 1. The largest absolute Gasteiger partial charge is 0.294 e. The third kappa shape index (κ3) is 2.49. The molecule has 2 saturated carbocycles. The molecule has 0 atom stereocenters. The zero-order valence-electron chi connectivity index (χ0n) is 10.9. The van der Waals surface area contributed by atoms with Gasteiger partial charge in [-0.15, -0.1) is 0 Å². The van der Waals surface area contributed by atoms with Gasteiger partial charge in [-0.25, -0.2) is 4.39 Å². The van der Waals surface area contributed by atoms with E-state index in [1.807, 2.05) is 0 Å². The Bertz CT molecular complexity index is 478. The highest BCUT2D eigenvalue weighted by Gasteiger charge is 2.40. The third-order valence-corrected chi connectivity index (χ3v) is 5.43. The second kappa shape index (κ2) is 5.35. The molecule has 0 heterocycles. The summed E-state index contributed by atoms with van der Waals surface area (Å²) in [4.78, 5) is 12.7. The van der Waals surface area contributed by atoms with E-state index in [-0.39, 0.29) is 17.5 Å². The Morgan fingerprint density at radius 2 is 1.74 bits per heavy atom. The first-order valence-corrected chi connectivity index (χ1v) is 7.95. The molecule has 0 bridgehead atoms. The molecule has 19 heavy (non-hydrogen) atoms. The fourth-order valence-corrected chi connectivity index (χ4v) is 3.63. The number of hydrogen-bond acceptors (Lipinski definition) is 1. The van der Waals surface area contributed by atoms with Crippen LogP contribution >= 0.6 is 15.9 Å². The van der Waals surface area contributed by atoms with Gasteiger partial charge in [0.25, 0.3) is 0 Å². The maximum Gasteiger partial charge on any atom is 0.166 e. The maximum atomic E-state index is 13.3. The van der Waals surface area contributed by atoms with Crippen molar-refractivity contribution in [1.82, 2.24) is 0 Å². The lowest BCUT2D eigenvalue weighted by Crippen LogP contribution is -2.37. The Kier molecular flexibility index (Phi) is 3.75. The van der Waals surface area contributed by atoms with Gasteiger partial charge in [0.05, 0.1) is 4.47 Å². The molecule has 2 fully saturated rings. The van der Waals surface area contributed by atoms with Gasteiger partial charge in [-0.3, -0.25) is 4.79 Å². The van der Waals surface area contributed by atoms with E-state index in [2.05, 4.69) is 15.9 Å². The Morgan fingerprint density at radius 1 is 1.16 bits per heavy atom. The summed E-state index contributed by atoms with van der Waals surface area (Å²) >= 11 is 3.17. The Hall–Kier alpha value is -0.700.